The van der Waals surface area contributed by atoms with Crippen LogP contribution in [-0.2, 0) is 9.53 Å². The Hall–Kier alpha value is -0.850. The minimum atomic E-state index is -0.446. The standard InChI is InChI=1S/C12H16O3/c1-3-8-9-6-11(14)12(9,7-15-2)5-4-10(8)13/h1,8-10,13H,4-7H2,2H3/t8-,9+,10-,12+/m0/s1. The van der Waals surface area contributed by atoms with Crippen LogP contribution in [0.15, 0.2) is 0 Å². The lowest BCUT2D eigenvalue weighted by Crippen LogP contribution is -2.60. The number of hydrogen-bond donors (Lipinski definition) is 1. The lowest BCUT2D eigenvalue weighted by atomic mass is 9.49. The number of hydrogen-bond acceptors (Lipinski definition) is 3. The molecule has 3 heteroatoms. The number of ether oxygens (including phenoxy) is 1. The third-order valence-electron chi connectivity index (χ3n) is 4.00. The number of carbonyl (C=O) groups is 1. The molecular formula is C12H16O3. The van der Waals surface area contributed by atoms with Gasteiger partial charge in [-0.25, -0.2) is 0 Å². The van der Waals surface area contributed by atoms with Crippen molar-refractivity contribution in [2.75, 3.05) is 13.7 Å². The molecule has 0 aromatic heterocycles. The predicted octanol–water partition coefficient (Wildman–Crippen LogP) is 0.612. The maximum atomic E-state index is 11.7. The zero-order valence-corrected chi connectivity index (χ0v) is 8.90. The number of aliphatic hydroxyl groups is 1. The first-order valence-corrected chi connectivity index (χ1v) is 5.32. The molecule has 0 unspecified atom stereocenters. The monoisotopic (exact) mass is 208 g/mol. The van der Waals surface area contributed by atoms with Gasteiger partial charge in [0, 0.05) is 13.5 Å². The number of rotatable bonds is 2. The summed E-state index contributed by atoms with van der Waals surface area (Å²) in [6.07, 6.45) is 6.81. The smallest absolute Gasteiger partial charge is 0.142 e. The van der Waals surface area contributed by atoms with Gasteiger partial charge in [-0.15, -0.1) is 12.3 Å². The normalized spacial score (nSPS) is 44.1. The highest BCUT2D eigenvalue weighted by Gasteiger charge is 2.60. The van der Waals surface area contributed by atoms with Crippen molar-refractivity contribution in [2.24, 2.45) is 17.3 Å². The Balaban J connectivity index is 2.23. The molecule has 2 aliphatic carbocycles. The molecule has 0 radical (unpaired) electrons. The quantitative estimate of drug-likeness (QED) is 0.676. The lowest BCUT2D eigenvalue weighted by molar-refractivity contribution is -0.167. The van der Waals surface area contributed by atoms with Crippen LogP contribution in [0, 0.1) is 29.6 Å². The summed E-state index contributed by atoms with van der Waals surface area (Å²) < 4.78 is 5.13. The van der Waals surface area contributed by atoms with Crippen molar-refractivity contribution in [2.45, 2.75) is 25.4 Å². The van der Waals surface area contributed by atoms with E-state index in [0.717, 1.165) is 0 Å². The molecule has 0 heterocycles. The number of methoxy groups -OCH3 is 1. The summed E-state index contributed by atoms with van der Waals surface area (Å²) in [5.74, 6) is 2.83. The van der Waals surface area contributed by atoms with E-state index in [0.29, 0.717) is 25.9 Å². The van der Waals surface area contributed by atoms with Gasteiger partial charge in [-0.05, 0) is 18.8 Å². The average Bonchev–Trinajstić information content (AvgIpc) is 2.22. The highest BCUT2D eigenvalue weighted by atomic mass is 16.5. The van der Waals surface area contributed by atoms with Gasteiger partial charge in [-0.3, -0.25) is 4.79 Å². The Bertz CT molecular complexity index is 317. The second-order valence-corrected chi connectivity index (χ2v) is 4.62. The van der Waals surface area contributed by atoms with Crippen LogP contribution in [0.4, 0.5) is 0 Å². The highest BCUT2D eigenvalue weighted by Crippen LogP contribution is 2.55. The molecule has 0 aromatic carbocycles. The maximum Gasteiger partial charge on any atom is 0.142 e. The van der Waals surface area contributed by atoms with Gasteiger partial charge in [0.2, 0.25) is 0 Å². The Morgan fingerprint density at radius 3 is 3.00 bits per heavy atom. The van der Waals surface area contributed by atoms with E-state index >= 15 is 0 Å². The Morgan fingerprint density at radius 2 is 2.47 bits per heavy atom. The van der Waals surface area contributed by atoms with E-state index in [1.807, 2.05) is 0 Å². The minimum Gasteiger partial charge on any atom is -0.392 e. The van der Waals surface area contributed by atoms with Crippen LogP contribution in [0.2, 0.25) is 0 Å². The molecule has 2 fully saturated rings. The van der Waals surface area contributed by atoms with Crippen molar-refractivity contribution in [1.82, 2.24) is 0 Å². The zero-order chi connectivity index (χ0) is 11.1. The number of terminal acetylenes is 1. The van der Waals surface area contributed by atoms with Crippen LogP contribution in [0.25, 0.3) is 0 Å². The number of carbonyl (C=O) groups excluding carboxylic acids is 1. The van der Waals surface area contributed by atoms with E-state index in [9.17, 15) is 9.90 Å². The highest BCUT2D eigenvalue weighted by molar-refractivity contribution is 5.92. The molecule has 0 bridgehead atoms. The Labute approximate surface area is 89.8 Å². The number of ketones is 1. The maximum absolute atomic E-state index is 11.7. The number of Topliss-reactive ketones (excluding diaryl/α,β-unsaturated/α-hetero) is 1. The summed E-state index contributed by atoms with van der Waals surface area (Å²) in [7, 11) is 1.60. The minimum absolute atomic E-state index is 0.124. The van der Waals surface area contributed by atoms with Crippen LogP contribution in [0.1, 0.15) is 19.3 Å². The Kier molecular flexibility index (Phi) is 2.57. The molecule has 15 heavy (non-hydrogen) atoms. The van der Waals surface area contributed by atoms with Crippen molar-refractivity contribution in [3.63, 3.8) is 0 Å². The van der Waals surface area contributed by atoms with Crippen molar-refractivity contribution >= 4 is 5.78 Å². The summed E-state index contributed by atoms with van der Waals surface area (Å²) in [4.78, 5) is 11.7. The summed E-state index contributed by atoms with van der Waals surface area (Å²) in [5, 5.41) is 9.77. The molecule has 4 atom stereocenters. The van der Waals surface area contributed by atoms with Gasteiger partial charge in [0.05, 0.1) is 24.0 Å². The van der Waals surface area contributed by atoms with Crippen molar-refractivity contribution < 1.29 is 14.6 Å². The molecule has 0 aromatic rings. The van der Waals surface area contributed by atoms with Gasteiger partial charge in [-0.1, -0.05) is 0 Å². The van der Waals surface area contributed by atoms with Crippen LogP contribution in [0.3, 0.4) is 0 Å². The molecular weight excluding hydrogens is 192 g/mol. The van der Waals surface area contributed by atoms with Crippen LogP contribution in [0.5, 0.6) is 0 Å². The number of fused-ring (bicyclic) bond motifs is 1. The third kappa shape index (κ3) is 1.32. The fourth-order valence-electron chi connectivity index (χ4n) is 3.07. The van der Waals surface area contributed by atoms with Gasteiger partial charge in [0.25, 0.3) is 0 Å². The fraction of sp³-hybridized carbons (Fsp3) is 0.750. The predicted molar refractivity (Wildman–Crippen MR) is 55.0 cm³/mol. The van der Waals surface area contributed by atoms with Crippen molar-refractivity contribution in [3.8, 4) is 12.3 Å². The second kappa shape index (κ2) is 3.62. The van der Waals surface area contributed by atoms with E-state index in [2.05, 4.69) is 5.92 Å². The van der Waals surface area contributed by atoms with Crippen molar-refractivity contribution in [1.29, 1.82) is 0 Å². The summed E-state index contributed by atoms with van der Waals surface area (Å²) in [6.45, 7) is 0.446. The Morgan fingerprint density at radius 1 is 1.73 bits per heavy atom. The zero-order valence-electron chi connectivity index (χ0n) is 8.90. The van der Waals surface area contributed by atoms with Gasteiger partial charge in [0.15, 0.2) is 0 Å². The summed E-state index contributed by atoms with van der Waals surface area (Å²) in [5.41, 5.74) is -0.384. The third-order valence-corrected chi connectivity index (χ3v) is 4.00. The average molecular weight is 208 g/mol. The molecule has 2 saturated carbocycles. The first-order valence-electron chi connectivity index (χ1n) is 5.32. The largest absolute Gasteiger partial charge is 0.392 e. The lowest BCUT2D eigenvalue weighted by Gasteiger charge is -2.54. The van der Waals surface area contributed by atoms with E-state index in [1.165, 1.54) is 0 Å². The van der Waals surface area contributed by atoms with Crippen molar-refractivity contribution in [3.05, 3.63) is 0 Å². The fourth-order valence-corrected chi connectivity index (χ4v) is 3.07. The van der Waals surface area contributed by atoms with Gasteiger partial charge in [-0.2, -0.15) is 0 Å². The van der Waals surface area contributed by atoms with Crippen LogP contribution in [-0.4, -0.2) is 30.7 Å². The van der Waals surface area contributed by atoms with Gasteiger partial charge >= 0.3 is 0 Å². The van der Waals surface area contributed by atoms with Crippen LogP contribution >= 0.6 is 0 Å². The van der Waals surface area contributed by atoms with Gasteiger partial charge in [0.1, 0.15) is 5.78 Å². The molecule has 0 spiro atoms. The molecule has 82 valence electrons. The van der Waals surface area contributed by atoms with E-state index < -0.39 is 6.10 Å². The van der Waals surface area contributed by atoms with E-state index in [1.54, 1.807) is 7.11 Å². The van der Waals surface area contributed by atoms with E-state index in [-0.39, 0.29) is 23.0 Å². The first-order chi connectivity index (χ1) is 7.15. The van der Waals surface area contributed by atoms with E-state index in [4.69, 9.17) is 11.2 Å². The first kappa shape index (κ1) is 10.7. The summed E-state index contributed by atoms with van der Waals surface area (Å²) in [6, 6.07) is 0. The summed E-state index contributed by atoms with van der Waals surface area (Å²) >= 11 is 0. The molecule has 3 nitrogen and oxygen atoms in total. The topological polar surface area (TPSA) is 46.5 Å². The molecule has 1 N–H and O–H groups in total. The molecule has 0 amide bonds. The molecule has 0 aliphatic heterocycles. The number of aliphatic hydroxyl groups excluding tert-OH is 1. The second-order valence-electron chi connectivity index (χ2n) is 4.62. The molecule has 0 saturated heterocycles. The molecule has 2 rings (SSSR count). The van der Waals surface area contributed by atoms with Crippen LogP contribution < -0.4 is 0 Å². The van der Waals surface area contributed by atoms with Gasteiger partial charge < -0.3 is 9.84 Å². The SMILES string of the molecule is C#C[C@H]1[C@H]2CC(=O)[C@@]2(COC)CC[C@@H]1O. The molecule has 2 aliphatic rings.